The van der Waals surface area contributed by atoms with Gasteiger partial charge in [0.1, 0.15) is 18.7 Å². The van der Waals surface area contributed by atoms with Gasteiger partial charge in [0.25, 0.3) is 5.91 Å². The van der Waals surface area contributed by atoms with Crippen LogP contribution in [0.4, 0.5) is 18.9 Å². The highest BCUT2D eigenvalue weighted by atomic mass is 19.4. The number of anilines is 1. The zero-order chi connectivity index (χ0) is 25.9. The van der Waals surface area contributed by atoms with Crippen LogP contribution in [-0.4, -0.2) is 70.2 Å². The van der Waals surface area contributed by atoms with Gasteiger partial charge in [-0.05, 0) is 31.5 Å². The average Bonchev–Trinajstić information content (AvgIpc) is 3.20. The van der Waals surface area contributed by atoms with Crippen LogP contribution in [-0.2, 0) is 9.59 Å². The van der Waals surface area contributed by atoms with E-state index in [4.69, 9.17) is 5.26 Å². The summed E-state index contributed by atoms with van der Waals surface area (Å²) in [5, 5.41) is 15.5. The molecule has 0 saturated heterocycles. The molecule has 0 fully saturated rings. The lowest BCUT2D eigenvalue weighted by atomic mass is 10.1. The van der Waals surface area contributed by atoms with Gasteiger partial charge >= 0.3 is 6.18 Å². The Kier molecular flexibility index (Phi) is 7.48. The summed E-state index contributed by atoms with van der Waals surface area (Å²) in [4.78, 5) is 40.3. The van der Waals surface area contributed by atoms with E-state index in [0.717, 1.165) is 5.56 Å². The van der Waals surface area contributed by atoms with E-state index >= 15 is 0 Å². The molecule has 1 N–H and O–H groups in total. The molecule has 0 radical (unpaired) electrons. The van der Waals surface area contributed by atoms with E-state index in [1.807, 2.05) is 13.0 Å². The predicted molar refractivity (Wildman–Crippen MR) is 120 cm³/mol. The van der Waals surface area contributed by atoms with Crippen LogP contribution in [0, 0.1) is 18.3 Å². The molecule has 1 aromatic heterocycles. The van der Waals surface area contributed by atoms with Gasteiger partial charge in [-0.1, -0.05) is 12.1 Å². The number of nitriles is 1. The van der Waals surface area contributed by atoms with E-state index in [-0.39, 0.29) is 49.4 Å². The number of hydrogen-bond acceptors (Lipinski definition) is 5. The molecule has 2 aromatic rings. The number of nitrogens with zero attached hydrogens (tertiary/aromatic N) is 5. The quantitative estimate of drug-likeness (QED) is 0.641. The van der Waals surface area contributed by atoms with Crippen LogP contribution >= 0.6 is 0 Å². The highest BCUT2D eigenvalue weighted by Crippen LogP contribution is 2.32. The number of hydrogen-bond donors (Lipinski definition) is 1. The van der Waals surface area contributed by atoms with Gasteiger partial charge in [0.2, 0.25) is 11.8 Å². The summed E-state index contributed by atoms with van der Waals surface area (Å²) >= 11 is 0. The van der Waals surface area contributed by atoms with Gasteiger partial charge in [-0.2, -0.15) is 23.5 Å². The van der Waals surface area contributed by atoms with Crippen molar-refractivity contribution in [2.45, 2.75) is 38.9 Å². The first-order chi connectivity index (χ1) is 16.4. The Morgan fingerprint density at radius 2 is 2.03 bits per heavy atom. The molecular weight excluding hydrogens is 465 g/mol. The molecule has 12 heteroatoms. The zero-order valence-corrected chi connectivity index (χ0v) is 19.5. The number of carbonyl (C=O) groups is 3. The van der Waals surface area contributed by atoms with Crippen molar-refractivity contribution >= 4 is 23.4 Å². The lowest BCUT2D eigenvalue weighted by Gasteiger charge is -2.32. The second kappa shape index (κ2) is 10.2. The fraction of sp³-hybridized carbons (Fsp3) is 0.435. The van der Waals surface area contributed by atoms with Crippen molar-refractivity contribution < 1.29 is 27.6 Å². The summed E-state index contributed by atoms with van der Waals surface area (Å²) in [6.45, 7) is 3.88. The molecule has 2 heterocycles. The summed E-state index contributed by atoms with van der Waals surface area (Å²) < 4.78 is 39.4. The van der Waals surface area contributed by atoms with Crippen molar-refractivity contribution in [2.24, 2.45) is 0 Å². The van der Waals surface area contributed by atoms with E-state index in [2.05, 4.69) is 10.4 Å². The molecule has 1 aliphatic rings. The molecule has 35 heavy (non-hydrogen) atoms. The molecule has 0 spiro atoms. The molecule has 0 bridgehead atoms. The largest absolute Gasteiger partial charge is 0.397 e. The molecule has 1 aromatic carbocycles. The van der Waals surface area contributed by atoms with E-state index < -0.39 is 24.4 Å². The van der Waals surface area contributed by atoms with Gasteiger partial charge in [0.15, 0.2) is 0 Å². The van der Waals surface area contributed by atoms with Crippen LogP contribution < -0.4 is 5.32 Å². The van der Waals surface area contributed by atoms with Crippen molar-refractivity contribution in [3.8, 4) is 17.3 Å². The first kappa shape index (κ1) is 25.7. The molecule has 1 aliphatic heterocycles. The van der Waals surface area contributed by atoms with Crippen molar-refractivity contribution in [1.29, 1.82) is 5.26 Å². The number of aryl methyl sites for hydroxylation is 1. The summed E-state index contributed by atoms with van der Waals surface area (Å²) in [7, 11) is 1.56. The summed E-state index contributed by atoms with van der Waals surface area (Å²) in [6, 6.07) is 8.07. The molecule has 0 aliphatic carbocycles. The van der Waals surface area contributed by atoms with E-state index in [0.29, 0.717) is 11.3 Å². The molecule has 1 atom stereocenters. The smallest absolute Gasteiger partial charge is 0.343 e. The van der Waals surface area contributed by atoms with Crippen LogP contribution in [0.1, 0.15) is 41.9 Å². The lowest BCUT2D eigenvalue weighted by molar-refractivity contribution is -0.150. The van der Waals surface area contributed by atoms with Crippen molar-refractivity contribution in [3.05, 3.63) is 35.5 Å². The van der Waals surface area contributed by atoms with Crippen LogP contribution in [0.15, 0.2) is 24.3 Å². The number of fused-ring (bicyclic) bond motifs is 1. The monoisotopic (exact) mass is 490 g/mol. The Labute approximate surface area is 200 Å². The maximum Gasteiger partial charge on any atom is 0.397 e. The predicted octanol–water partition coefficient (Wildman–Crippen LogP) is 3.14. The Morgan fingerprint density at radius 3 is 2.69 bits per heavy atom. The zero-order valence-electron chi connectivity index (χ0n) is 19.5. The number of alkyl halides is 3. The number of halogens is 3. The number of rotatable bonds is 7. The van der Waals surface area contributed by atoms with E-state index in [1.54, 1.807) is 26.1 Å². The number of amides is 3. The van der Waals surface area contributed by atoms with Crippen LogP contribution in [0.2, 0.25) is 0 Å². The highest BCUT2D eigenvalue weighted by molar-refractivity contribution is 5.99. The van der Waals surface area contributed by atoms with Crippen LogP contribution in [0.5, 0.6) is 0 Å². The first-order valence-corrected chi connectivity index (χ1v) is 10.9. The number of benzene rings is 1. The molecule has 3 amide bonds. The van der Waals surface area contributed by atoms with Gasteiger partial charge in [0, 0.05) is 25.7 Å². The fourth-order valence-corrected chi connectivity index (χ4v) is 3.79. The third-order valence-electron chi connectivity index (χ3n) is 5.54. The van der Waals surface area contributed by atoms with Crippen LogP contribution in [0.25, 0.3) is 11.3 Å². The van der Waals surface area contributed by atoms with Gasteiger partial charge in [-0.25, -0.2) is 0 Å². The third kappa shape index (κ3) is 6.17. The Bertz CT molecular complexity index is 1180. The van der Waals surface area contributed by atoms with E-state index in [9.17, 15) is 27.6 Å². The average molecular weight is 490 g/mol. The normalized spacial score (nSPS) is 15.4. The number of carbonyl (C=O) groups excluding carboxylic acids is 3. The minimum atomic E-state index is -4.65. The molecular formula is C23H25F3N6O3. The lowest BCUT2D eigenvalue weighted by Crippen LogP contribution is -2.47. The first-order valence-electron chi connectivity index (χ1n) is 10.9. The molecule has 9 nitrogen and oxygen atoms in total. The molecule has 0 unspecified atom stereocenters. The Balaban J connectivity index is 1.86. The molecule has 0 saturated carbocycles. The Morgan fingerprint density at radius 1 is 1.31 bits per heavy atom. The van der Waals surface area contributed by atoms with E-state index in [1.165, 1.54) is 26.6 Å². The van der Waals surface area contributed by atoms with Crippen molar-refractivity contribution in [2.75, 3.05) is 32.0 Å². The van der Waals surface area contributed by atoms with Crippen molar-refractivity contribution in [3.63, 3.8) is 0 Å². The standard InChI is InChI=1S/C23H25F3N6O3/c1-14-5-6-16(17(9-14)28-20(33)11-23(24,25)26)18-10-19-22(35)31(12-15(2)32(19)29-18)13-21(34)30(3)8-4-7-27/h5-6,9-10,15H,4,8,11-13H2,1-3H3,(H,28,33)/t15-/m0/s1. The molecule has 3 rings (SSSR count). The molecule has 186 valence electrons. The number of nitrogens with one attached hydrogen (secondary N) is 1. The SMILES string of the molecule is Cc1ccc(-c2cc3n(n2)[C@@H](C)CN(CC(=O)N(C)CCC#N)C3=O)c(NC(=O)CC(F)(F)F)c1. The summed E-state index contributed by atoms with van der Waals surface area (Å²) in [5.41, 5.74) is 1.77. The second-order valence-corrected chi connectivity index (χ2v) is 8.51. The topological polar surface area (TPSA) is 111 Å². The fourth-order valence-electron chi connectivity index (χ4n) is 3.79. The van der Waals surface area contributed by atoms with Gasteiger partial charge in [-0.15, -0.1) is 0 Å². The van der Waals surface area contributed by atoms with Crippen molar-refractivity contribution in [1.82, 2.24) is 19.6 Å². The minimum Gasteiger partial charge on any atom is -0.343 e. The van der Waals surface area contributed by atoms with Gasteiger partial charge in [-0.3, -0.25) is 19.1 Å². The van der Waals surface area contributed by atoms with Gasteiger partial charge in [0.05, 0.1) is 29.9 Å². The van der Waals surface area contributed by atoms with Crippen LogP contribution in [0.3, 0.4) is 0 Å². The maximum absolute atomic E-state index is 13.1. The minimum absolute atomic E-state index is 0.154. The summed E-state index contributed by atoms with van der Waals surface area (Å²) in [5.74, 6) is -1.93. The summed E-state index contributed by atoms with van der Waals surface area (Å²) in [6.07, 6.45) is -6.09. The maximum atomic E-state index is 13.1. The van der Waals surface area contributed by atoms with Gasteiger partial charge < -0.3 is 15.1 Å². The Hall–Kier alpha value is -3.88. The third-order valence-corrected chi connectivity index (χ3v) is 5.54. The number of likely N-dealkylation sites (N-methyl/N-ethyl adjacent to an activating group) is 1. The number of aromatic nitrogens is 2. The highest BCUT2D eigenvalue weighted by Gasteiger charge is 2.34. The second-order valence-electron chi connectivity index (χ2n) is 8.51.